The van der Waals surface area contributed by atoms with Gasteiger partial charge in [-0.25, -0.2) is 9.97 Å². The molecule has 1 aliphatic rings. The van der Waals surface area contributed by atoms with Crippen molar-refractivity contribution in [2.24, 2.45) is 0 Å². The Bertz CT molecular complexity index is 292. The summed E-state index contributed by atoms with van der Waals surface area (Å²) in [6.07, 6.45) is 2.90. The highest BCUT2D eigenvalue weighted by Crippen LogP contribution is 2.25. The van der Waals surface area contributed by atoms with Crippen LogP contribution in [-0.4, -0.2) is 28.3 Å². The van der Waals surface area contributed by atoms with Gasteiger partial charge in [0.1, 0.15) is 5.03 Å². The van der Waals surface area contributed by atoms with Gasteiger partial charge in [0.05, 0.1) is 0 Å². The smallest absolute Gasteiger partial charge is 0.223 e. The van der Waals surface area contributed by atoms with E-state index in [1.807, 2.05) is 6.07 Å². The van der Waals surface area contributed by atoms with Crippen LogP contribution >= 0.6 is 35.8 Å². The first-order valence-corrected chi connectivity index (χ1v) is 5.46. The normalized spacial score (nSPS) is 20.5. The van der Waals surface area contributed by atoms with Gasteiger partial charge in [0.15, 0.2) is 0 Å². The van der Waals surface area contributed by atoms with Gasteiger partial charge in [0, 0.05) is 18.0 Å². The predicted octanol–water partition coefficient (Wildman–Crippen LogP) is 2.01. The van der Waals surface area contributed by atoms with Gasteiger partial charge in [-0.15, -0.1) is 24.2 Å². The van der Waals surface area contributed by atoms with E-state index in [-0.39, 0.29) is 12.4 Å². The minimum atomic E-state index is 0. The third-order valence-corrected chi connectivity index (χ3v) is 3.29. The Morgan fingerprint density at radius 3 is 3.07 bits per heavy atom. The Kier molecular flexibility index (Phi) is 4.95. The van der Waals surface area contributed by atoms with Crippen molar-refractivity contribution in [1.82, 2.24) is 15.3 Å². The second-order valence-electron chi connectivity index (χ2n) is 2.90. The number of rotatable bonds is 2. The number of aromatic nitrogens is 2. The van der Waals surface area contributed by atoms with Gasteiger partial charge in [-0.1, -0.05) is 0 Å². The predicted molar refractivity (Wildman–Crippen MR) is 61.4 cm³/mol. The summed E-state index contributed by atoms with van der Waals surface area (Å²) >= 11 is 7.45. The van der Waals surface area contributed by atoms with Crippen molar-refractivity contribution in [2.75, 3.05) is 13.1 Å². The molecule has 2 rings (SSSR count). The molecule has 0 spiro atoms. The summed E-state index contributed by atoms with van der Waals surface area (Å²) in [6.45, 7) is 2.17. The standard InChI is InChI=1S/C8H10ClN3S.ClH/c9-8-11-4-2-7(12-8)13-6-1-3-10-5-6;/h2,4,6,10H,1,3,5H2;1H/t6-;/m0./s1. The topological polar surface area (TPSA) is 37.8 Å². The zero-order valence-corrected chi connectivity index (χ0v) is 9.83. The maximum Gasteiger partial charge on any atom is 0.223 e. The first-order chi connectivity index (χ1) is 6.34. The van der Waals surface area contributed by atoms with Gasteiger partial charge in [0.25, 0.3) is 0 Å². The average molecular weight is 252 g/mol. The van der Waals surface area contributed by atoms with Crippen LogP contribution in [0.15, 0.2) is 17.3 Å². The lowest BCUT2D eigenvalue weighted by atomic mass is 10.4. The highest BCUT2D eigenvalue weighted by molar-refractivity contribution is 7.99. The molecule has 0 aromatic carbocycles. The van der Waals surface area contributed by atoms with Gasteiger partial charge in [-0.05, 0) is 30.6 Å². The number of halogens is 2. The number of hydrogen-bond donors (Lipinski definition) is 1. The molecule has 0 bridgehead atoms. The first-order valence-electron chi connectivity index (χ1n) is 4.20. The van der Waals surface area contributed by atoms with E-state index in [1.165, 1.54) is 6.42 Å². The summed E-state index contributed by atoms with van der Waals surface area (Å²) in [5.74, 6) is 0. The Morgan fingerprint density at radius 1 is 1.57 bits per heavy atom. The summed E-state index contributed by atoms with van der Waals surface area (Å²) in [7, 11) is 0. The molecule has 1 aromatic heterocycles. The minimum Gasteiger partial charge on any atom is -0.316 e. The highest BCUT2D eigenvalue weighted by Gasteiger charge is 2.16. The third kappa shape index (κ3) is 3.28. The van der Waals surface area contributed by atoms with Crippen LogP contribution in [0.2, 0.25) is 5.28 Å². The fourth-order valence-corrected chi connectivity index (χ4v) is 2.54. The molecule has 0 radical (unpaired) electrons. The third-order valence-electron chi connectivity index (χ3n) is 1.90. The number of nitrogens with one attached hydrogen (secondary N) is 1. The van der Waals surface area contributed by atoms with Crippen molar-refractivity contribution in [3.05, 3.63) is 17.5 Å². The van der Waals surface area contributed by atoms with Gasteiger partial charge < -0.3 is 5.32 Å². The van der Waals surface area contributed by atoms with Crippen molar-refractivity contribution < 1.29 is 0 Å². The van der Waals surface area contributed by atoms with Gasteiger partial charge >= 0.3 is 0 Å². The van der Waals surface area contributed by atoms with Crippen molar-refractivity contribution in [3.63, 3.8) is 0 Å². The summed E-state index contributed by atoms with van der Waals surface area (Å²) < 4.78 is 0. The summed E-state index contributed by atoms with van der Waals surface area (Å²) in [5, 5.41) is 5.24. The van der Waals surface area contributed by atoms with Gasteiger partial charge in [-0.3, -0.25) is 0 Å². The molecule has 0 unspecified atom stereocenters. The van der Waals surface area contributed by atoms with E-state index in [9.17, 15) is 0 Å². The molecule has 0 amide bonds. The average Bonchev–Trinajstić information content (AvgIpc) is 2.57. The Labute approximate surface area is 98.5 Å². The highest BCUT2D eigenvalue weighted by atomic mass is 35.5. The first kappa shape index (κ1) is 12.0. The Morgan fingerprint density at radius 2 is 2.43 bits per heavy atom. The van der Waals surface area contributed by atoms with Gasteiger partial charge in [0.2, 0.25) is 5.28 Å². The van der Waals surface area contributed by atoms with E-state index in [4.69, 9.17) is 11.6 Å². The second-order valence-corrected chi connectivity index (χ2v) is 4.56. The van der Waals surface area contributed by atoms with Crippen molar-refractivity contribution in [1.29, 1.82) is 0 Å². The number of nitrogens with zero attached hydrogens (tertiary/aromatic N) is 2. The van der Waals surface area contributed by atoms with Crippen LogP contribution in [0.4, 0.5) is 0 Å². The second kappa shape index (κ2) is 5.75. The molecule has 2 heterocycles. The zero-order valence-electron chi connectivity index (χ0n) is 7.44. The monoisotopic (exact) mass is 251 g/mol. The van der Waals surface area contributed by atoms with Crippen LogP contribution in [-0.2, 0) is 0 Å². The fraction of sp³-hybridized carbons (Fsp3) is 0.500. The molecule has 1 aliphatic heterocycles. The molecule has 3 nitrogen and oxygen atoms in total. The molecule has 14 heavy (non-hydrogen) atoms. The van der Waals surface area contributed by atoms with Crippen LogP contribution in [0, 0.1) is 0 Å². The largest absolute Gasteiger partial charge is 0.316 e. The van der Waals surface area contributed by atoms with E-state index < -0.39 is 0 Å². The molecule has 1 aromatic rings. The van der Waals surface area contributed by atoms with E-state index in [0.29, 0.717) is 10.5 Å². The molecular weight excluding hydrogens is 241 g/mol. The number of thioether (sulfide) groups is 1. The van der Waals surface area contributed by atoms with E-state index in [0.717, 1.165) is 18.1 Å². The Balaban J connectivity index is 0.000000980. The lowest BCUT2D eigenvalue weighted by Crippen LogP contribution is -2.10. The van der Waals surface area contributed by atoms with Gasteiger partial charge in [-0.2, -0.15) is 0 Å². The zero-order chi connectivity index (χ0) is 9.10. The number of hydrogen-bond acceptors (Lipinski definition) is 4. The van der Waals surface area contributed by atoms with Crippen LogP contribution in [0.1, 0.15) is 6.42 Å². The fourth-order valence-electron chi connectivity index (χ4n) is 1.28. The van der Waals surface area contributed by atoms with E-state index in [1.54, 1.807) is 18.0 Å². The Hall–Kier alpha value is -0.0300. The summed E-state index contributed by atoms with van der Waals surface area (Å²) in [5.41, 5.74) is 0. The minimum absolute atomic E-state index is 0. The molecular formula is C8H11Cl2N3S. The molecule has 1 N–H and O–H groups in total. The van der Waals surface area contributed by atoms with Crippen molar-refractivity contribution in [3.8, 4) is 0 Å². The molecule has 0 aliphatic carbocycles. The maximum atomic E-state index is 5.68. The molecule has 1 atom stereocenters. The van der Waals surface area contributed by atoms with Crippen LogP contribution in [0.25, 0.3) is 0 Å². The molecule has 6 heteroatoms. The van der Waals surface area contributed by atoms with E-state index >= 15 is 0 Å². The molecule has 78 valence electrons. The summed E-state index contributed by atoms with van der Waals surface area (Å²) in [6, 6.07) is 1.90. The molecule has 0 saturated carbocycles. The lowest BCUT2D eigenvalue weighted by Gasteiger charge is -2.05. The maximum absolute atomic E-state index is 5.68. The van der Waals surface area contributed by atoms with E-state index in [2.05, 4.69) is 15.3 Å². The SMILES string of the molecule is Cl.Clc1nccc(S[C@H]2CCNC2)n1. The lowest BCUT2D eigenvalue weighted by molar-refractivity contribution is 0.858. The quantitative estimate of drug-likeness (QED) is 0.645. The van der Waals surface area contributed by atoms with Crippen LogP contribution in [0.5, 0.6) is 0 Å². The van der Waals surface area contributed by atoms with Crippen molar-refractivity contribution >= 4 is 35.8 Å². The molecule has 1 saturated heterocycles. The summed E-state index contributed by atoms with van der Waals surface area (Å²) in [4.78, 5) is 7.97. The van der Waals surface area contributed by atoms with Crippen LogP contribution in [0.3, 0.4) is 0 Å². The van der Waals surface area contributed by atoms with Crippen LogP contribution < -0.4 is 5.32 Å². The molecule has 1 fully saturated rings. The van der Waals surface area contributed by atoms with Crippen molar-refractivity contribution in [2.45, 2.75) is 16.7 Å².